The molecule has 0 aliphatic rings. The van der Waals surface area contributed by atoms with Gasteiger partial charge in [-0.15, -0.1) is 0 Å². The molecule has 0 saturated heterocycles. The molecule has 0 radical (unpaired) electrons. The van der Waals surface area contributed by atoms with Crippen molar-refractivity contribution < 1.29 is 13.2 Å². The number of pyridine rings is 1. The maximum atomic E-state index is 12.6. The second-order valence-electron chi connectivity index (χ2n) is 4.16. The first-order valence-electron chi connectivity index (χ1n) is 5.72. The first-order valence-corrected chi connectivity index (χ1v) is 5.72. The van der Waals surface area contributed by atoms with Gasteiger partial charge in [-0.2, -0.15) is 18.4 Å². The molecule has 2 rings (SSSR count). The molecule has 0 spiro atoms. The average molecular weight is 277 g/mol. The number of hydrogen-bond acceptors (Lipinski definition) is 3. The molecule has 1 heterocycles. The van der Waals surface area contributed by atoms with E-state index in [1.54, 1.807) is 19.1 Å². The topological polar surface area (TPSA) is 48.7 Å². The van der Waals surface area contributed by atoms with Crippen molar-refractivity contribution in [1.82, 2.24) is 4.98 Å². The van der Waals surface area contributed by atoms with Gasteiger partial charge in [-0.3, -0.25) is 0 Å². The van der Waals surface area contributed by atoms with Gasteiger partial charge in [-0.05, 0) is 37.3 Å². The zero-order chi connectivity index (χ0) is 14.8. The average Bonchev–Trinajstić information content (AvgIpc) is 2.38. The van der Waals surface area contributed by atoms with Gasteiger partial charge in [0.15, 0.2) is 0 Å². The van der Waals surface area contributed by atoms with Crippen LogP contribution in [0.25, 0.3) is 0 Å². The fourth-order valence-electron chi connectivity index (χ4n) is 1.65. The summed E-state index contributed by atoms with van der Waals surface area (Å²) in [4.78, 5) is 4.12. The van der Waals surface area contributed by atoms with Crippen molar-refractivity contribution in [3.63, 3.8) is 0 Å². The highest BCUT2D eigenvalue weighted by Crippen LogP contribution is 2.31. The van der Waals surface area contributed by atoms with E-state index in [0.29, 0.717) is 5.69 Å². The summed E-state index contributed by atoms with van der Waals surface area (Å²) in [6.45, 7) is 1.73. The Bertz CT molecular complexity index is 672. The van der Waals surface area contributed by atoms with E-state index in [0.717, 1.165) is 12.1 Å². The summed E-state index contributed by atoms with van der Waals surface area (Å²) < 4.78 is 37.9. The van der Waals surface area contributed by atoms with Crippen molar-refractivity contribution in [1.29, 1.82) is 5.26 Å². The van der Waals surface area contributed by atoms with Crippen molar-refractivity contribution in [3.8, 4) is 6.07 Å². The number of aromatic nitrogens is 1. The predicted molar refractivity (Wildman–Crippen MR) is 68.4 cm³/mol. The molecular weight excluding hydrogens is 267 g/mol. The highest BCUT2D eigenvalue weighted by atomic mass is 19.4. The molecule has 0 bridgehead atoms. The van der Waals surface area contributed by atoms with Gasteiger partial charge < -0.3 is 5.32 Å². The Morgan fingerprint density at radius 1 is 1.20 bits per heavy atom. The first kappa shape index (κ1) is 13.9. The lowest BCUT2D eigenvalue weighted by atomic mass is 10.2. The van der Waals surface area contributed by atoms with Crippen LogP contribution in [-0.4, -0.2) is 4.98 Å². The van der Waals surface area contributed by atoms with Gasteiger partial charge in [-0.25, -0.2) is 4.98 Å². The minimum Gasteiger partial charge on any atom is -0.339 e. The summed E-state index contributed by atoms with van der Waals surface area (Å²) in [5.74, 6) is 0.242. The summed E-state index contributed by atoms with van der Waals surface area (Å²) in [6, 6.07) is 9.92. The molecule has 102 valence electrons. The second-order valence-corrected chi connectivity index (χ2v) is 4.16. The summed E-state index contributed by atoms with van der Waals surface area (Å²) in [7, 11) is 0. The predicted octanol–water partition coefficient (Wildman–Crippen LogP) is 4.02. The zero-order valence-electron chi connectivity index (χ0n) is 10.5. The Hall–Kier alpha value is -2.55. The van der Waals surface area contributed by atoms with Gasteiger partial charge in [-0.1, -0.05) is 6.07 Å². The molecule has 0 fully saturated rings. The number of benzene rings is 1. The third-order valence-electron chi connectivity index (χ3n) is 2.61. The van der Waals surface area contributed by atoms with E-state index in [4.69, 9.17) is 5.26 Å². The molecule has 20 heavy (non-hydrogen) atoms. The van der Waals surface area contributed by atoms with E-state index < -0.39 is 11.7 Å². The Morgan fingerprint density at radius 3 is 2.60 bits per heavy atom. The molecule has 0 atom stereocenters. The van der Waals surface area contributed by atoms with Crippen molar-refractivity contribution in [3.05, 3.63) is 53.2 Å². The molecule has 0 aliphatic heterocycles. The molecule has 3 nitrogen and oxygen atoms in total. The number of nitrogens with zero attached hydrogens (tertiary/aromatic N) is 2. The summed E-state index contributed by atoms with van der Waals surface area (Å²) in [5, 5.41) is 11.7. The number of nitriles is 1. The molecule has 0 unspecified atom stereocenters. The quantitative estimate of drug-likeness (QED) is 0.901. The van der Waals surface area contributed by atoms with E-state index >= 15 is 0 Å². The molecule has 0 aliphatic carbocycles. The lowest BCUT2D eigenvalue weighted by molar-refractivity contribution is -0.137. The monoisotopic (exact) mass is 277 g/mol. The number of aryl methyl sites for hydroxylation is 1. The molecule has 0 amide bonds. The van der Waals surface area contributed by atoms with Crippen LogP contribution in [0.2, 0.25) is 0 Å². The van der Waals surface area contributed by atoms with Gasteiger partial charge in [0.25, 0.3) is 0 Å². The lowest BCUT2D eigenvalue weighted by Gasteiger charge is -2.11. The third kappa shape index (κ3) is 3.06. The fraction of sp³-hybridized carbons (Fsp3) is 0.143. The number of anilines is 2. The van der Waals surface area contributed by atoms with E-state index in [-0.39, 0.29) is 17.1 Å². The van der Waals surface area contributed by atoms with Crippen LogP contribution in [0.15, 0.2) is 36.4 Å². The maximum Gasteiger partial charge on any atom is 0.416 e. The van der Waals surface area contributed by atoms with Crippen molar-refractivity contribution >= 4 is 11.5 Å². The van der Waals surface area contributed by atoms with Gasteiger partial charge in [0.1, 0.15) is 11.9 Å². The number of alkyl halides is 3. The first-order chi connectivity index (χ1) is 9.40. The number of rotatable bonds is 2. The standard InChI is InChI=1S/C14H10F3N3/c1-9-5-6-10(8-18)13(19-9)20-12-4-2-3-11(7-12)14(15,16)17/h2-7H,1H3,(H,19,20). The van der Waals surface area contributed by atoms with Crippen LogP contribution in [0.4, 0.5) is 24.7 Å². The fourth-order valence-corrected chi connectivity index (χ4v) is 1.65. The largest absolute Gasteiger partial charge is 0.416 e. The van der Waals surface area contributed by atoms with Gasteiger partial charge in [0.2, 0.25) is 0 Å². The Labute approximate surface area is 113 Å². The van der Waals surface area contributed by atoms with Gasteiger partial charge >= 0.3 is 6.18 Å². The summed E-state index contributed by atoms with van der Waals surface area (Å²) in [6.07, 6.45) is -4.41. The van der Waals surface area contributed by atoms with Gasteiger partial charge in [0.05, 0.1) is 11.1 Å². The smallest absolute Gasteiger partial charge is 0.339 e. The van der Waals surface area contributed by atoms with E-state index in [1.165, 1.54) is 12.1 Å². The molecule has 0 saturated carbocycles. The Balaban J connectivity index is 2.36. The lowest BCUT2D eigenvalue weighted by Crippen LogP contribution is -2.05. The minimum absolute atomic E-state index is 0.231. The highest BCUT2D eigenvalue weighted by Gasteiger charge is 2.30. The molecule has 2 aromatic rings. The van der Waals surface area contributed by atoms with E-state index in [1.807, 2.05) is 6.07 Å². The third-order valence-corrected chi connectivity index (χ3v) is 2.61. The van der Waals surface area contributed by atoms with Crippen LogP contribution in [0.1, 0.15) is 16.8 Å². The maximum absolute atomic E-state index is 12.6. The van der Waals surface area contributed by atoms with Crippen LogP contribution < -0.4 is 5.32 Å². The van der Waals surface area contributed by atoms with Crippen LogP contribution >= 0.6 is 0 Å². The Kier molecular flexibility index (Phi) is 3.61. The van der Waals surface area contributed by atoms with Crippen LogP contribution in [0, 0.1) is 18.3 Å². The highest BCUT2D eigenvalue weighted by molar-refractivity contribution is 5.63. The van der Waals surface area contributed by atoms with E-state index in [2.05, 4.69) is 10.3 Å². The number of halogens is 3. The van der Waals surface area contributed by atoms with Crippen molar-refractivity contribution in [2.24, 2.45) is 0 Å². The summed E-state index contributed by atoms with van der Waals surface area (Å²) >= 11 is 0. The molecular formula is C14H10F3N3. The molecule has 1 N–H and O–H groups in total. The van der Waals surface area contributed by atoms with Crippen molar-refractivity contribution in [2.45, 2.75) is 13.1 Å². The van der Waals surface area contributed by atoms with E-state index in [9.17, 15) is 13.2 Å². The SMILES string of the molecule is Cc1ccc(C#N)c(Nc2cccc(C(F)(F)F)c2)n1. The van der Waals surface area contributed by atoms with Crippen LogP contribution in [0.5, 0.6) is 0 Å². The normalized spacial score (nSPS) is 10.9. The van der Waals surface area contributed by atoms with Crippen LogP contribution in [-0.2, 0) is 6.18 Å². The van der Waals surface area contributed by atoms with Crippen molar-refractivity contribution in [2.75, 3.05) is 5.32 Å². The molecule has 6 heteroatoms. The minimum atomic E-state index is -4.41. The number of nitrogens with one attached hydrogen (secondary N) is 1. The molecule has 1 aromatic carbocycles. The van der Waals surface area contributed by atoms with Crippen LogP contribution in [0.3, 0.4) is 0 Å². The zero-order valence-corrected chi connectivity index (χ0v) is 10.5. The Morgan fingerprint density at radius 2 is 1.95 bits per heavy atom. The molecule has 1 aromatic heterocycles. The number of hydrogen-bond donors (Lipinski definition) is 1. The summed E-state index contributed by atoms with van der Waals surface area (Å²) in [5.41, 5.74) is 0.412. The second kappa shape index (κ2) is 5.21. The van der Waals surface area contributed by atoms with Gasteiger partial charge in [0, 0.05) is 11.4 Å².